The average molecular weight is 313 g/mol. The van der Waals surface area contributed by atoms with Gasteiger partial charge in [0.1, 0.15) is 0 Å². The van der Waals surface area contributed by atoms with Crippen molar-refractivity contribution in [3.63, 3.8) is 0 Å². The Bertz CT molecular complexity index is 511. The molecule has 2 rings (SSSR count). The molecule has 17 heavy (non-hydrogen) atoms. The highest BCUT2D eigenvalue weighted by molar-refractivity contribution is 9.10. The van der Waals surface area contributed by atoms with Crippen LogP contribution in [0.5, 0.6) is 0 Å². The van der Waals surface area contributed by atoms with E-state index in [0.29, 0.717) is 17.3 Å². The fourth-order valence-electron chi connectivity index (χ4n) is 1.46. The molecule has 0 bridgehead atoms. The summed E-state index contributed by atoms with van der Waals surface area (Å²) in [6.45, 7) is 0.648. The van der Waals surface area contributed by atoms with Crippen LogP contribution in [-0.2, 0) is 6.54 Å². The van der Waals surface area contributed by atoms with E-state index in [9.17, 15) is 0 Å². The van der Waals surface area contributed by atoms with Gasteiger partial charge in [0.05, 0.1) is 22.6 Å². The Balaban J connectivity index is 2.16. The third kappa shape index (κ3) is 2.90. The van der Waals surface area contributed by atoms with Crippen molar-refractivity contribution in [2.45, 2.75) is 6.54 Å². The number of pyridine rings is 1. The predicted octanol–water partition coefficient (Wildman–Crippen LogP) is 3.69. The summed E-state index contributed by atoms with van der Waals surface area (Å²) in [5, 5.41) is 3.74. The van der Waals surface area contributed by atoms with E-state index in [1.165, 1.54) is 0 Å². The number of anilines is 2. The number of hydrogen-bond acceptors (Lipinski definition) is 3. The molecule has 0 unspecified atom stereocenters. The first kappa shape index (κ1) is 12.2. The number of rotatable bonds is 3. The highest BCUT2D eigenvalue weighted by atomic mass is 79.9. The van der Waals surface area contributed by atoms with Gasteiger partial charge in [0.25, 0.3) is 0 Å². The summed E-state index contributed by atoms with van der Waals surface area (Å²) < 4.78 is 1.05. The van der Waals surface area contributed by atoms with Gasteiger partial charge >= 0.3 is 0 Å². The number of benzene rings is 1. The zero-order valence-electron chi connectivity index (χ0n) is 8.95. The van der Waals surface area contributed by atoms with E-state index in [4.69, 9.17) is 17.3 Å². The number of nitrogens with two attached hydrogens (primary N) is 1. The maximum Gasteiger partial charge on any atom is 0.0841 e. The Morgan fingerprint density at radius 2 is 2.06 bits per heavy atom. The van der Waals surface area contributed by atoms with E-state index in [1.54, 1.807) is 12.4 Å². The molecule has 2 aromatic rings. The zero-order valence-corrected chi connectivity index (χ0v) is 11.3. The molecule has 0 aliphatic heterocycles. The number of aromatic nitrogens is 1. The number of nitrogen functional groups attached to an aromatic ring is 1. The lowest BCUT2D eigenvalue weighted by Gasteiger charge is -2.11. The average Bonchev–Trinajstić information content (AvgIpc) is 2.30. The maximum absolute atomic E-state index is 6.02. The fraction of sp³-hybridized carbons (Fsp3) is 0.0833. The predicted molar refractivity (Wildman–Crippen MR) is 75.1 cm³/mol. The van der Waals surface area contributed by atoms with Crippen LogP contribution >= 0.6 is 27.5 Å². The Kier molecular flexibility index (Phi) is 3.86. The van der Waals surface area contributed by atoms with Gasteiger partial charge in [-0.3, -0.25) is 4.98 Å². The Hall–Kier alpha value is -1.26. The van der Waals surface area contributed by atoms with Crippen molar-refractivity contribution in [3.05, 3.63) is 51.7 Å². The number of nitrogens with zero attached hydrogens (tertiary/aromatic N) is 1. The molecule has 1 aromatic carbocycles. The van der Waals surface area contributed by atoms with Gasteiger partial charge in [-0.05, 0) is 11.6 Å². The Morgan fingerprint density at radius 3 is 2.76 bits per heavy atom. The van der Waals surface area contributed by atoms with E-state index in [1.807, 2.05) is 24.3 Å². The normalized spacial score (nSPS) is 10.2. The summed E-state index contributed by atoms with van der Waals surface area (Å²) in [4.78, 5) is 3.91. The second kappa shape index (κ2) is 5.38. The van der Waals surface area contributed by atoms with Crippen molar-refractivity contribution < 1.29 is 0 Å². The minimum Gasteiger partial charge on any atom is -0.396 e. The van der Waals surface area contributed by atoms with Gasteiger partial charge in [-0.1, -0.05) is 45.7 Å². The monoisotopic (exact) mass is 311 g/mol. The summed E-state index contributed by atoms with van der Waals surface area (Å²) in [5.74, 6) is 0. The second-order valence-electron chi connectivity index (χ2n) is 3.53. The molecule has 0 aliphatic rings. The van der Waals surface area contributed by atoms with Gasteiger partial charge < -0.3 is 11.1 Å². The first-order valence-corrected chi connectivity index (χ1v) is 6.22. The molecule has 3 N–H and O–H groups in total. The van der Waals surface area contributed by atoms with Crippen molar-refractivity contribution in [1.29, 1.82) is 0 Å². The van der Waals surface area contributed by atoms with Gasteiger partial charge in [-0.15, -0.1) is 0 Å². The third-order valence-corrected chi connectivity index (χ3v) is 3.40. The highest BCUT2D eigenvalue weighted by Crippen LogP contribution is 2.27. The molecule has 88 valence electrons. The third-order valence-electron chi connectivity index (χ3n) is 2.34. The van der Waals surface area contributed by atoms with Crippen LogP contribution in [-0.4, -0.2) is 4.98 Å². The van der Waals surface area contributed by atoms with Crippen LogP contribution in [0.15, 0.2) is 41.1 Å². The van der Waals surface area contributed by atoms with Crippen molar-refractivity contribution in [3.8, 4) is 0 Å². The molecule has 1 heterocycles. The van der Waals surface area contributed by atoms with E-state index in [0.717, 1.165) is 15.7 Å². The van der Waals surface area contributed by atoms with Crippen LogP contribution in [0.4, 0.5) is 11.4 Å². The van der Waals surface area contributed by atoms with Gasteiger partial charge in [-0.2, -0.15) is 0 Å². The lowest BCUT2D eigenvalue weighted by atomic mass is 10.2. The van der Waals surface area contributed by atoms with Gasteiger partial charge in [0.15, 0.2) is 0 Å². The van der Waals surface area contributed by atoms with Gasteiger partial charge in [0.2, 0.25) is 0 Å². The zero-order chi connectivity index (χ0) is 12.3. The molecule has 1 aromatic heterocycles. The Labute approximate surface area is 113 Å². The van der Waals surface area contributed by atoms with Crippen LogP contribution in [0.3, 0.4) is 0 Å². The van der Waals surface area contributed by atoms with Gasteiger partial charge in [0, 0.05) is 17.2 Å². The molecular weight excluding hydrogens is 302 g/mol. The van der Waals surface area contributed by atoms with Crippen molar-refractivity contribution in [2.24, 2.45) is 0 Å². The topological polar surface area (TPSA) is 50.9 Å². The molecule has 0 saturated carbocycles. The van der Waals surface area contributed by atoms with Crippen LogP contribution in [0, 0.1) is 0 Å². The number of hydrogen-bond donors (Lipinski definition) is 2. The molecule has 3 nitrogen and oxygen atoms in total. The largest absolute Gasteiger partial charge is 0.396 e. The van der Waals surface area contributed by atoms with Crippen LogP contribution in [0.1, 0.15) is 5.56 Å². The van der Waals surface area contributed by atoms with Crippen LogP contribution < -0.4 is 11.1 Å². The molecule has 5 heteroatoms. The standard InChI is InChI=1S/C12H11BrClN3/c13-9-4-2-1-3-8(9)5-17-12-10(14)6-16-7-11(12)15/h1-4,6-7H,5,15H2,(H,16,17). The van der Waals surface area contributed by atoms with E-state index in [-0.39, 0.29) is 0 Å². The van der Waals surface area contributed by atoms with Gasteiger partial charge in [-0.25, -0.2) is 0 Å². The molecule has 0 atom stereocenters. The van der Waals surface area contributed by atoms with Crippen LogP contribution in [0.25, 0.3) is 0 Å². The maximum atomic E-state index is 6.02. The summed E-state index contributed by atoms with van der Waals surface area (Å²) in [7, 11) is 0. The first-order valence-electron chi connectivity index (χ1n) is 5.04. The SMILES string of the molecule is Nc1cncc(Cl)c1NCc1ccccc1Br. The summed E-state index contributed by atoms with van der Waals surface area (Å²) in [6, 6.07) is 7.98. The minimum atomic E-state index is 0.525. The Morgan fingerprint density at radius 1 is 1.29 bits per heavy atom. The lowest BCUT2D eigenvalue weighted by molar-refractivity contribution is 1.13. The minimum absolute atomic E-state index is 0.525. The smallest absolute Gasteiger partial charge is 0.0841 e. The molecule has 0 fully saturated rings. The summed E-state index contributed by atoms with van der Waals surface area (Å²) in [6.07, 6.45) is 3.15. The number of halogens is 2. The quantitative estimate of drug-likeness (QED) is 0.908. The molecule has 0 saturated heterocycles. The summed E-state index contributed by atoms with van der Waals surface area (Å²) >= 11 is 9.51. The molecule has 0 amide bonds. The number of nitrogens with one attached hydrogen (secondary N) is 1. The van der Waals surface area contributed by atoms with Crippen molar-refractivity contribution in [1.82, 2.24) is 4.98 Å². The van der Waals surface area contributed by atoms with Crippen molar-refractivity contribution >= 4 is 38.9 Å². The lowest BCUT2D eigenvalue weighted by Crippen LogP contribution is -2.04. The molecular formula is C12H11BrClN3. The molecule has 0 radical (unpaired) electrons. The van der Waals surface area contributed by atoms with E-state index >= 15 is 0 Å². The van der Waals surface area contributed by atoms with E-state index < -0.39 is 0 Å². The van der Waals surface area contributed by atoms with Crippen molar-refractivity contribution in [2.75, 3.05) is 11.1 Å². The molecule has 0 spiro atoms. The van der Waals surface area contributed by atoms with Crippen LogP contribution in [0.2, 0.25) is 5.02 Å². The summed E-state index contributed by atoms with van der Waals surface area (Å²) in [5.41, 5.74) is 8.21. The fourth-order valence-corrected chi connectivity index (χ4v) is 2.12. The highest BCUT2D eigenvalue weighted by Gasteiger charge is 2.05. The second-order valence-corrected chi connectivity index (χ2v) is 4.79. The first-order chi connectivity index (χ1) is 8.18. The molecule has 0 aliphatic carbocycles. The van der Waals surface area contributed by atoms with E-state index in [2.05, 4.69) is 26.2 Å².